The maximum atomic E-state index is 11.2. The van der Waals surface area contributed by atoms with Gasteiger partial charge in [-0.15, -0.1) is 12.8 Å². The van der Waals surface area contributed by atoms with Crippen LogP contribution in [0.3, 0.4) is 0 Å². The van der Waals surface area contributed by atoms with Crippen LogP contribution < -0.4 is 4.74 Å². The summed E-state index contributed by atoms with van der Waals surface area (Å²) in [5.41, 5.74) is 2.39. The molecule has 2 aromatic carbocycles. The van der Waals surface area contributed by atoms with Gasteiger partial charge in [0.05, 0.1) is 5.33 Å². The van der Waals surface area contributed by atoms with Crippen molar-refractivity contribution in [3.05, 3.63) is 59.7 Å². The monoisotopic (exact) mass is 508 g/mol. The summed E-state index contributed by atoms with van der Waals surface area (Å²) < 4.78 is 5.29. The number of aromatic hydroxyl groups is 1. The second kappa shape index (κ2) is 14.2. The molecule has 4 rings (SSSR count). The molecule has 172 valence electrons. The molecule has 5 heteroatoms. The van der Waals surface area contributed by atoms with Crippen LogP contribution in [0.15, 0.2) is 48.5 Å². The van der Waals surface area contributed by atoms with Crippen molar-refractivity contribution in [2.24, 2.45) is 0 Å². The number of ketones is 2. The van der Waals surface area contributed by atoms with E-state index in [0.717, 1.165) is 25.0 Å². The third-order valence-corrected chi connectivity index (χ3v) is 5.93. The van der Waals surface area contributed by atoms with Crippen LogP contribution in [0.5, 0.6) is 11.5 Å². The van der Waals surface area contributed by atoms with Crippen LogP contribution in [0, 0.1) is 24.7 Å². The first kappa shape index (κ1) is 26.2. The maximum Gasteiger partial charge on any atom is 0.148 e. The summed E-state index contributed by atoms with van der Waals surface area (Å²) in [5.74, 6) is 7.35. The molecule has 2 aromatic rings. The Morgan fingerprint density at radius 2 is 1.30 bits per heavy atom. The molecule has 0 saturated heterocycles. The fraction of sp³-hybridized carbons (Fsp3) is 0.357. The first-order chi connectivity index (χ1) is 16.0. The molecule has 0 spiro atoms. The van der Waals surface area contributed by atoms with Gasteiger partial charge in [0, 0.05) is 25.7 Å². The predicted molar refractivity (Wildman–Crippen MR) is 135 cm³/mol. The van der Waals surface area contributed by atoms with E-state index in [-0.39, 0.29) is 5.75 Å². The standard InChI is InChI=1S/C14H14O2.C11H12O2.C3H3Br/c1-2-9-16-14-7-4-11(5-8-14)12-3-6-13(15)10-12;12-10-4-1-8(2-5-10)9-3-6-11(13)7-9;1-2-3-4/h1,4-5,7-8,12H,3,6,9-10H2;1-2,4-5,9,12H,3,6-7H2;1H,3H2. The van der Waals surface area contributed by atoms with E-state index in [1.807, 2.05) is 36.4 Å². The summed E-state index contributed by atoms with van der Waals surface area (Å²) in [5, 5.41) is 9.74. The number of hydrogen-bond acceptors (Lipinski definition) is 4. The third-order valence-electron chi connectivity index (χ3n) is 5.61. The van der Waals surface area contributed by atoms with E-state index in [1.54, 1.807) is 12.1 Å². The number of phenols is 1. The number of hydrogen-bond donors (Lipinski definition) is 1. The molecule has 2 saturated carbocycles. The van der Waals surface area contributed by atoms with Gasteiger partial charge in [-0.1, -0.05) is 52.0 Å². The van der Waals surface area contributed by atoms with Crippen molar-refractivity contribution in [3.8, 4) is 36.2 Å². The summed E-state index contributed by atoms with van der Waals surface area (Å²) in [4.78, 5) is 22.2. The summed E-state index contributed by atoms with van der Waals surface area (Å²) >= 11 is 3.01. The molecule has 2 aliphatic rings. The zero-order valence-corrected chi connectivity index (χ0v) is 20.2. The topological polar surface area (TPSA) is 63.6 Å². The first-order valence-corrected chi connectivity index (χ1v) is 12.1. The van der Waals surface area contributed by atoms with Crippen molar-refractivity contribution in [2.75, 3.05) is 11.9 Å². The Hall–Kier alpha value is -3.02. The Bertz CT molecular complexity index is 981. The number of Topliss-reactive ketones (excluding diaryl/α,β-unsaturated/α-hetero) is 2. The lowest BCUT2D eigenvalue weighted by atomic mass is 9.98. The van der Waals surface area contributed by atoms with E-state index in [2.05, 4.69) is 27.8 Å². The largest absolute Gasteiger partial charge is 0.508 e. The van der Waals surface area contributed by atoms with E-state index in [4.69, 9.17) is 22.7 Å². The number of alkyl halides is 1. The highest BCUT2D eigenvalue weighted by Crippen LogP contribution is 2.33. The zero-order chi connectivity index (χ0) is 24.1. The second-order valence-corrected chi connectivity index (χ2v) is 8.51. The van der Waals surface area contributed by atoms with Crippen LogP contribution in [0.25, 0.3) is 0 Å². The number of benzene rings is 2. The summed E-state index contributed by atoms with van der Waals surface area (Å²) in [6.07, 6.45) is 14.6. The number of ether oxygens (including phenoxy) is 1. The molecule has 2 aliphatic carbocycles. The molecule has 2 unspecified atom stereocenters. The smallest absolute Gasteiger partial charge is 0.148 e. The van der Waals surface area contributed by atoms with Gasteiger partial charge in [-0.3, -0.25) is 9.59 Å². The third kappa shape index (κ3) is 9.16. The molecule has 0 amide bonds. The number of terminal acetylenes is 2. The van der Waals surface area contributed by atoms with Crippen molar-refractivity contribution in [1.29, 1.82) is 0 Å². The first-order valence-electron chi connectivity index (χ1n) is 10.9. The molecule has 0 heterocycles. The average Bonchev–Trinajstić information content (AvgIpc) is 3.47. The van der Waals surface area contributed by atoms with Crippen LogP contribution in [-0.2, 0) is 9.59 Å². The second-order valence-electron chi connectivity index (χ2n) is 7.95. The van der Waals surface area contributed by atoms with Crippen molar-refractivity contribution >= 4 is 27.5 Å². The number of halogens is 1. The van der Waals surface area contributed by atoms with Gasteiger partial charge in [0.2, 0.25) is 0 Å². The molecule has 0 aliphatic heterocycles. The molecule has 1 N–H and O–H groups in total. The Morgan fingerprint density at radius 3 is 1.67 bits per heavy atom. The molecule has 0 bridgehead atoms. The van der Waals surface area contributed by atoms with Crippen LogP contribution in [0.2, 0.25) is 0 Å². The van der Waals surface area contributed by atoms with Gasteiger partial charge in [0.25, 0.3) is 0 Å². The number of phenolic OH excluding ortho intramolecular Hbond substituents is 1. The lowest BCUT2D eigenvalue weighted by Crippen LogP contribution is -1.96. The fourth-order valence-corrected chi connectivity index (χ4v) is 3.91. The Morgan fingerprint density at radius 1 is 0.848 bits per heavy atom. The normalized spacial score (nSPS) is 18.8. The van der Waals surface area contributed by atoms with Gasteiger partial charge >= 0.3 is 0 Å². The maximum absolute atomic E-state index is 11.2. The van der Waals surface area contributed by atoms with Crippen LogP contribution >= 0.6 is 15.9 Å². The molecule has 2 fully saturated rings. The molecular formula is C28H29BrO4. The number of carbonyl (C=O) groups excluding carboxylic acids is 2. The van der Waals surface area contributed by atoms with Crippen molar-refractivity contribution < 1.29 is 19.4 Å². The average molecular weight is 509 g/mol. The van der Waals surface area contributed by atoms with Crippen LogP contribution in [0.1, 0.15) is 61.5 Å². The van der Waals surface area contributed by atoms with E-state index in [1.165, 1.54) is 11.1 Å². The van der Waals surface area contributed by atoms with Gasteiger partial charge in [0.1, 0.15) is 29.7 Å². The van der Waals surface area contributed by atoms with Gasteiger partial charge in [-0.05, 0) is 60.1 Å². The van der Waals surface area contributed by atoms with Crippen LogP contribution in [0.4, 0.5) is 0 Å². The Kier molecular flexibility index (Phi) is 11.3. The highest BCUT2D eigenvalue weighted by Gasteiger charge is 2.24. The van der Waals surface area contributed by atoms with E-state index in [9.17, 15) is 9.59 Å². The van der Waals surface area contributed by atoms with Crippen molar-refractivity contribution in [2.45, 2.75) is 50.4 Å². The SMILES string of the molecule is C#CCBr.C#CCOc1ccc(C2CCC(=O)C2)cc1.O=C1CCC(c2ccc(O)cc2)C1. The fourth-order valence-electron chi connectivity index (χ4n) is 3.91. The molecule has 4 nitrogen and oxygen atoms in total. The number of carbonyl (C=O) groups is 2. The quantitative estimate of drug-likeness (QED) is 0.420. The Balaban J connectivity index is 0.000000204. The summed E-state index contributed by atoms with van der Waals surface area (Å²) in [6, 6.07) is 15.0. The minimum Gasteiger partial charge on any atom is -0.508 e. The van der Waals surface area contributed by atoms with Crippen molar-refractivity contribution in [3.63, 3.8) is 0 Å². The highest BCUT2D eigenvalue weighted by molar-refractivity contribution is 9.09. The lowest BCUT2D eigenvalue weighted by molar-refractivity contribution is -0.118. The zero-order valence-electron chi connectivity index (χ0n) is 18.6. The van der Waals surface area contributed by atoms with Gasteiger partial charge < -0.3 is 9.84 Å². The molecule has 2 atom stereocenters. The van der Waals surface area contributed by atoms with Gasteiger partial charge in [-0.25, -0.2) is 0 Å². The Labute approximate surface area is 204 Å². The molecule has 0 aromatic heterocycles. The van der Waals surface area contributed by atoms with E-state index in [0.29, 0.717) is 54.6 Å². The highest BCUT2D eigenvalue weighted by atomic mass is 79.9. The summed E-state index contributed by atoms with van der Waals surface area (Å²) in [6.45, 7) is 0.293. The molecule has 33 heavy (non-hydrogen) atoms. The lowest BCUT2D eigenvalue weighted by Gasteiger charge is -2.09. The molecule has 0 radical (unpaired) electrons. The van der Waals surface area contributed by atoms with Gasteiger partial charge in [-0.2, -0.15) is 0 Å². The van der Waals surface area contributed by atoms with Crippen LogP contribution in [-0.4, -0.2) is 28.6 Å². The van der Waals surface area contributed by atoms with Gasteiger partial charge in [0.15, 0.2) is 0 Å². The predicted octanol–water partition coefficient (Wildman–Crippen LogP) is 5.78. The minimum absolute atomic E-state index is 0.285. The van der Waals surface area contributed by atoms with E-state index < -0.39 is 0 Å². The summed E-state index contributed by atoms with van der Waals surface area (Å²) in [7, 11) is 0. The number of rotatable bonds is 4. The minimum atomic E-state index is 0.285. The molecular weight excluding hydrogens is 480 g/mol. The van der Waals surface area contributed by atoms with E-state index >= 15 is 0 Å². The van der Waals surface area contributed by atoms with Crippen molar-refractivity contribution in [1.82, 2.24) is 0 Å².